The molecule has 0 bridgehead atoms. The van der Waals surface area contributed by atoms with Gasteiger partial charge in [-0.2, -0.15) is 4.99 Å². The Morgan fingerprint density at radius 1 is 1.28 bits per heavy atom. The molecule has 0 aliphatic rings. The standard InChI is InChI=1S/C20H17ClN2OS/c1-5-10-23-18-14(4)16(21)8-9-17(18)25-20(23)22-19(24)15-7-6-12(2)11-13(15)3/h1,6-9,11H,10H2,2-4H3. The number of amides is 1. The van der Waals surface area contributed by atoms with Gasteiger partial charge in [0.05, 0.1) is 16.8 Å². The van der Waals surface area contributed by atoms with E-state index < -0.39 is 0 Å². The number of carbonyl (C=O) groups excluding carboxylic acids is 1. The lowest BCUT2D eigenvalue weighted by atomic mass is 10.1. The normalized spacial score (nSPS) is 11.7. The van der Waals surface area contributed by atoms with E-state index in [9.17, 15) is 4.79 Å². The molecule has 0 unspecified atom stereocenters. The van der Waals surface area contributed by atoms with Gasteiger partial charge in [0.25, 0.3) is 5.91 Å². The monoisotopic (exact) mass is 368 g/mol. The molecule has 1 heterocycles. The Hall–Kier alpha value is -2.35. The first-order valence-electron chi connectivity index (χ1n) is 7.80. The Labute approximate surface area is 155 Å². The fourth-order valence-electron chi connectivity index (χ4n) is 2.84. The number of aromatic nitrogens is 1. The SMILES string of the molecule is C#CCn1c(=NC(=O)c2ccc(C)cc2C)sc2ccc(Cl)c(C)c21. The highest BCUT2D eigenvalue weighted by Crippen LogP contribution is 2.27. The van der Waals surface area contributed by atoms with Crippen LogP contribution >= 0.6 is 22.9 Å². The van der Waals surface area contributed by atoms with Gasteiger partial charge < -0.3 is 4.57 Å². The largest absolute Gasteiger partial charge is 0.304 e. The van der Waals surface area contributed by atoms with Gasteiger partial charge in [-0.05, 0) is 50.1 Å². The van der Waals surface area contributed by atoms with Crippen LogP contribution in [0.5, 0.6) is 0 Å². The van der Waals surface area contributed by atoms with Crippen molar-refractivity contribution in [2.75, 3.05) is 0 Å². The number of aryl methyl sites for hydroxylation is 3. The smallest absolute Gasteiger partial charge is 0.279 e. The maximum atomic E-state index is 12.7. The number of benzene rings is 2. The summed E-state index contributed by atoms with van der Waals surface area (Å²) in [5.41, 5.74) is 4.50. The molecule has 126 valence electrons. The lowest BCUT2D eigenvalue weighted by molar-refractivity contribution is 0.0997. The van der Waals surface area contributed by atoms with Crippen LogP contribution in [-0.2, 0) is 6.54 Å². The number of fused-ring (bicyclic) bond motifs is 1. The third kappa shape index (κ3) is 3.26. The zero-order chi connectivity index (χ0) is 18.1. The van der Waals surface area contributed by atoms with E-state index in [1.54, 1.807) is 0 Å². The minimum atomic E-state index is -0.265. The van der Waals surface area contributed by atoms with E-state index in [1.165, 1.54) is 11.3 Å². The average Bonchev–Trinajstić information content (AvgIpc) is 2.89. The summed E-state index contributed by atoms with van der Waals surface area (Å²) < 4.78 is 2.88. The number of thiazole rings is 1. The number of halogens is 1. The second-order valence-electron chi connectivity index (χ2n) is 5.93. The molecule has 0 saturated carbocycles. The van der Waals surface area contributed by atoms with Crippen molar-refractivity contribution in [1.29, 1.82) is 0 Å². The van der Waals surface area contributed by atoms with Gasteiger partial charge in [0, 0.05) is 10.6 Å². The van der Waals surface area contributed by atoms with Crippen LogP contribution in [-0.4, -0.2) is 10.5 Å². The Kier molecular flexibility index (Phi) is 4.80. The maximum absolute atomic E-state index is 12.7. The topological polar surface area (TPSA) is 34.4 Å². The highest BCUT2D eigenvalue weighted by Gasteiger charge is 2.13. The van der Waals surface area contributed by atoms with Crippen molar-refractivity contribution >= 4 is 39.1 Å². The molecule has 25 heavy (non-hydrogen) atoms. The third-order valence-corrected chi connectivity index (χ3v) is 5.54. The van der Waals surface area contributed by atoms with Gasteiger partial charge >= 0.3 is 0 Å². The Morgan fingerprint density at radius 2 is 2.04 bits per heavy atom. The predicted octanol–water partition coefficient (Wildman–Crippen LogP) is 4.66. The van der Waals surface area contributed by atoms with E-state index in [4.69, 9.17) is 18.0 Å². The molecule has 0 atom stereocenters. The summed E-state index contributed by atoms with van der Waals surface area (Å²) in [5.74, 6) is 2.37. The zero-order valence-electron chi connectivity index (χ0n) is 14.3. The summed E-state index contributed by atoms with van der Waals surface area (Å²) in [7, 11) is 0. The van der Waals surface area contributed by atoms with E-state index >= 15 is 0 Å². The Bertz CT molecular complexity index is 1100. The Balaban J connectivity index is 2.22. The molecule has 1 amide bonds. The quantitative estimate of drug-likeness (QED) is 0.606. The van der Waals surface area contributed by atoms with Crippen LogP contribution < -0.4 is 4.80 Å². The second-order valence-corrected chi connectivity index (χ2v) is 7.35. The van der Waals surface area contributed by atoms with Gasteiger partial charge in [0.15, 0.2) is 4.80 Å². The number of carbonyl (C=O) groups is 1. The number of terminal acetylenes is 1. The van der Waals surface area contributed by atoms with Crippen molar-refractivity contribution in [3.8, 4) is 12.3 Å². The molecule has 3 aromatic rings. The minimum Gasteiger partial charge on any atom is -0.304 e. The van der Waals surface area contributed by atoms with Crippen LogP contribution in [0.2, 0.25) is 5.02 Å². The first-order valence-corrected chi connectivity index (χ1v) is 9.00. The lowest BCUT2D eigenvalue weighted by Gasteiger charge is -2.05. The van der Waals surface area contributed by atoms with E-state index in [2.05, 4.69) is 10.9 Å². The number of nitrogens with zero attached hydrogens (tertiary/aromatic N) is 2. The fraction of sp³-hybridized carbons (Fsp3) is 0.200. The van der Waals surface area contributed by atoms with Crippen LogP contribution in [0.15, 0.2) is 35.3 Å². The maximum Gasteiger partial charge on any atom is 0.279 e. The third-order valence-electron chi connectivity index (χ3n) is 4.09. The van der Waals surface area contributed by atoms with Crippen LogP contribution in [0.1, 0.15) is 27.0 Å². The molecule has 5 heteroatoms. The summed E-state index contributed by atoms with van der Waals surface area (Å²) in [5, 5.41) is 0.670. The highest BCUT2D eigenvalue weighted by molar-refractivity contribution is 7.16. The zero-order valence-corrected chi connectivity index (χ0v) is 15.8. The molecule has 2 aromatic carbocycles. The van der Waals surface area contributed by atoms with Crippen LogP contribution in [0.4, 0.5) is 0 Å². The molecule has 0 N–H and O–H groups in total. The molecule has 0 aliphatic heterocycles. The predicted molar refractivity (Wildman–Crippen MR) is 104 cm³/mol. The minimum absolute atomic E-state index is 0.265. The molecule has 0 aliphatic carbocycles. The van der Waals surface area contributed by atoms with Gasteiger partial charge in [-0.15, -0.1) is 6.42 Å². The molecule has 1 aromatic heterocycles. The van der Waals surface area contributed by atoms with Crippen molar-refractivity contribution < 1.29 is 4.79 Å². The van der Waals surface area contributed by atoms with Gasteiger partial charge in [-0.3, -0.25) is 4.79 Å². The Morgan fingerprint density at radius 3 is 2.72 bits per heavy atom. The van der Waals surface area contributed by atoms with Gasteiger partial charge in [-0.25, -0.2) is 0 Å². The van der Waals surface area contributed by atoms with Crippen LogP contribution in [0, 0.1) is 33.1 Å². The molecule has 0 fully saturated rings. The van der Waals surface area contributed by atoms with Crippen molar-refractivity contribution in [2.45, 2.75) is 27.3 Å². The van der Waals surface area contributed by atoms with Crippen molar-refractivity contribution in [2.24, 2.45) is 4.99 Å². The fourth-order valence-corrected chi connectivity index (χ4v) is 4.08. The van der Waals surface area contributed by atoms with Gasteiger partial charge in [-0.1, -0.05) is 46.6 Å². The van der Waals surface area contributed by atoms with Crippen LogP contribution in [0.3, 0.4) is 0 Å². The van der Waals surface area contributed by atoms with Crippen molar-refractivity contribution in [1.82, 2.24) is 4.57 Å². The summed E-state index contributed by atoms with van der Waals surface area (Å²) in [4.78, 5) is 17.6. The number of rotatable bonds is 2. The lowest BCUT2D eigenvalue weighted by Crippen LogP contribution is -2.17. The molecular formula is C20H17ClN2OS. The number of hydrogen-bond acceptors (Lipinski definition) is 2. The molecule has 0 spiro atoms. The van der Waals surface area contributed by atoms with Crippen LogP contribution in [0.25, 0.3) is 10.2 Å². The van der Waals surface area contributed by atoms with E-state index in [1.807, 2.05) is 55.7 Å². The van der Waals surface area contributed by atoms with Crippen molar-refractivity contribution in [3.63, 3.8) is 0 Å². The summed E-state index contributed by atoms with van der Waals surface area (Å²) >= 11 is 7.69. The molecule has 0 saturated heterocycles. The highest BCUT2D eigenvalue weighted by atomic mass is 35.5. The van der Waals surface area contributed by atoms with Gasteiger partial charge in [0.2, 0.25) is 0 Å². The summed E-state index contributed by atoms with van der Waals surface area (Å²) in [6, 6.07) is 9.50. The molecule has 3 nitrogen and oxygen atoms in total. The molecule has 0 radical (unpaired) electrons. The summed E-state index contributed by atoms with van der Waals surface area (Å²) in [6.07, 6.45) is 5.52. The molecular weight excluding hydrogens is 352 g/mol. The second kappa shape index (κ2) is 6.87. The number of hydrogen-bond donors (Lipinski definition) is 0. The summed E-state index contributed by atoms with van der Waals surface area (Å²) in [6.45, 7) is 6.19. The first-order chi connectivity index (χ1) is 11.9. The van der Waals surface area contributed by atoms with E-state index in [0.717, 1.165) is 26.9 Å². The molecule has 3 rings (SSSR count). The van der Waals surface area contributed by atoms with E-state index in [0.29, 0.717) is 21.9 Å². The van der Waals surface area contributed by atoms with E-state index in [-0.39, 0.29) is 5.91 Å². The van der Waals surface area contributed by atoms with Crippen molar-refractivity contribution in [3.05, 3.63) is 62.4 Å². The first kappa shape index (κ1) is 17.5. The van der Waals surface area contributed by atoms with Gasteiger partial charge in [0.1, 0.15) is 0 Å². The average molecular weight is 369 g/mol.